The predicted octanol–water partition coefficient (Wildman–Crippen LogP) is 2.85. The van der Waals surface area contributed by atoms with Gasteiger partial charge in [0.15, 0.2) is 0 Å². The Balaban J connectivity index is 1.88. The molecule has 0 bridgehead atoms. The maximum atomic E-state index is 13.1. The lowest BCUT2D eigenvalue weighted by molar-refractivity contribution is 0.102. The number of sulfonamides is 1. The van der Waals surface area contributed by atoms with E-state index in [4.69, 9.17) is 16.3 Å². The fourth-order valence-corrected chi connectivity index (χ4v) is 5.02. The van der Waals surface area contributed by atoms with Gasteiger partial charge in [-0.2, -0.15) is 4.31 Å². The van der Waals surface area contributed by atoms with Crippen LogP contribution >= 0.6 is 11.6 Å². The number of ether oxygens (including phenoxy) is 1. The summed E-state index contributed by atoms with van der Waals surface area (Å²) in [6.45, 7) is 3.99. The first-order valence-electron chi connectivity index (χ1n) is 9.16. The maximum absolute atomic E-state index is 13.1. The number of aryl methyl sites for hydroxylation is 1. The van der Waals surface area contributed by atoms with Crippen molar-refractivity contribution in [2.45, 2.75) is 11.8 Å². The van der Waals surface area contributed by atoms with Gasteiger partial charge in [-0.25, -0.2) is 8.42 Å². The smallest absolute Gasteiger partial charge is 0.259 e. The number of hydrogen-bond acceptors (Lipinski definition) is 5. The Morgan fingerprint density at radius 1 is 1.10 bits per heavy atom. The summed E-state index contributed by atoms with van der Waals surface area (Å²) in [6.07, 6.45) is 0. The molecule has 1 saturated heterocycles. The highest BCUT2D eigenvalue weighted by molar-refractivity contribution is 7.89. The molecule has 0 unspecified atom stereocenters. The van der Waals surface area contributed by atoms with Crippen molar-refractivity contribution in [3.63, 3.8) is 0 Å². The van der Waals surface area contributed by atoms with Gasteiger partial charge in [-0.05, 0) is 49.9 Å². The van der Waals surface area contributed by atoms with E-state index in [1.807, 2.05) is 7.05 Å². The summed E-state index contributed by atoms with van der Waals surface area (Å²) in [6, 6.07) is 9.60. The highest BCUT2D eigenvalue weighted by atomic mass is 35.5. The van der Waals surface area contributed by atoms with Crippen LogP contribution in [-0.2, 0) is 10.0 Å². The van der Waals surface area contributed by atoms with Crippen molar-refractivity contribution < 1.29 is 17.9 Å². The lowest BCUT2D eigenvalue weighted by Crippen LogP contribution is -2.47. The van der Waals surface area contributed by atoms with E-state index in [9.17, 15) is 13.2 Å². The van der Waals surface area contributed by atoms with Crippen LogP contribution in [0.25, 0.3) is 0 Å². The first-order valence-corrected chi connectivity index (χ1v) is 11.0. The molecule has 3 rings (SSSR count). The third-order valence-electron chi connectivity index (χ3n) is 4.93. The molecule has 1 aliphatic heterocycles. The van der Waals surface area contributed by atoms with Gasteiger partial charge in [-0.1, -0.05) is 17.7 Å². The molecular formula is C20H24ClN3O4S. The lowest BCUT2D eigenvalue weighted by atomic mass is 10.1. The zero-order valence-electron chi connectivity index (χ0n) is 16.6. The van der Waals surface area contributed by atoms with Gasteiger partial charge in [0.2, 0.25) is 10.0 Å². The van der Waals surface area contributed by atoms with Crippen molar-refractivity contribution in [1.82, 2.24) is 9.21 Å². The van der Waals surface area contributed by atoms with Gasteiger partial charge in [0.05, 0.1) is 17.6 Å². The summed E-state index contributed by atoms with van der Waals surface area (Å²) in [5.74, 6) is -0.0551. The molecular weight excluding hydrogens is 414 g/mol. The van der Waals surface area contributed by atoms with Gasteiger partial charge in [0.1, 0.15) is 5.75 Å². The Kier molecular flexibility index (Phi) is 6.48. The van der Waals surface area contributed by atoms with Crippen LogP contribution in [0.2, 0.25) is 5.02 Å². The minimum atomic E-state index is -3.65. The summed E-state index contributed by atoms with van der Waals surface area (Å²) in [5.41, 5.74) is 1.28. The van der Waals surface area contributed by atoms with Crippen LogP contribution in [0.5, 0.6) is 5.75 Å². The molecule has 0 atom stereocenters. The molecule has 1 fully saturated rings. The highest BCUT2D eigenvalue weighted by Crippen LogP contribution is 2.27. The summed E-state index contributed by atoms with van der Waals surface area (Å²) < 4.78 is 33.0. The minimum Gasteiger partial charge on any atom is -0.496 e. The molecule has 1 heterocycles. The molecule has 1 aliphatic rings. The number of nitrogens with zero attached hydrogens (tertiary/aromatic N) is 2. The minimum absolute atomic E-state index is 0.193. The SMILES string of the molecule is COc1ccc(Cl)cc1C(=O)Nc1ccc(C)c(S(=O)(=O)N2CCN(C)CC2)c1. The van der Waals surface area contributed by atoms with Crippen molar-refractivity contribution in [2.24, 2.45) is 0 Å². The number of anilines is 1. The van der Waals surface area contributed by atoms with Crippen LogP contribution in [0.1, 0.15) is 15.9 Å². The van der Waals surface area contributed by atoms with Crippen LogP contribution in [0.15, 0.2) is 41.3 Å². The quantitative estimate of drug-likeness (QED) is 0.778. The topological polar surface area (TPSA) is 78.9 Å². The normalized spacial score (nSPS) is 15.9. The van der Waals surface area contributed by atoms with Gasteiger partial charge < -0.3 is 15.0 Å². The van der Waals surface area contributed by atoms with E-state index in [1.54, 1.807) is 31.2 Å². The zero-order valence-corrected chi connectivity index (χ0v) is 18.2. The summed E-state index contributed by atoms with van der Waals surface area (Å²) in [4.78, 5) is 15.0. The Bertz CT molecular complexity index is 1020. The molecule has 1 N–H and O–H groups in total. The molecule has 2 aromatic rings. The van der Waals surface area contributed by atoms with Gasteiger partial charge in [-0.3, -0.25) is 4.79 Å². The number of amides is 1. The lowest BCUT2D eigenvalue weighted by Gasteiger charge is -2.32. The van der Waals surface area contributed by atoms with Crippen LogP contribution in [-0.4, -0.2) is 63.9 Å². The molecule has 0 spiro atoms. The van der Waals surface area contributed by atoms with Crippen molar-refractivity contribution in [1.29, 1.82) is 0 Å². The Hall–Kier alpha value is -2.13. The molecule has 0 aliphatic carbocycles. The predicted molar refractivity (Wildman–Crippen MR) is 113 cm³/mol. The zero-order chi connectivity index (χ0) is 21.2. The summed E-state index contributed by atoms with van der Waals surface area (Å²) >= 11 is 6.00. The molecule has 0 aromatic heterocycles. The van der Waals surface area contributed by atoms with Gasteiger partial charge in [0, 0.05) is 36.9 Å². The second-order valence-electron chi connectivity index (χ2n) is 6.99. The number of hydrogen-bond donors (Lipinski definition) is 1. The van der Waals surface area contributed by atoms with Crippen molar-refractivity contribution in [3.8, 4) is 5.75 Å². The number of benzene rings is 2. The third kappa shape index (κ3) is 4.72. The molecule has 156 valence electrons. The van der Waals surface area contributed by atoms with Crippen LogP contribution in [0.4, 0.5) is 5.69 Å². The van der Waals surface area contributed by atoms with Gasteiger partial charge in [-0.15, -0.1) is 0 Å². The Labute approximate surface area is 176 Å². The highest BCUT2D eigenvalue weighted by Gasteiger charge is 2.29. The number of methoxy groups -OCH3 is 1. The first-order chi connectivity index (χ1) is 13.7. The fourth-order valence-electron chi connectivity index (χ4n) is 3.18. The van der Waals surface area contributed by atoms with E-state index in [1.165, 1.54) is 23.5 Å². The first kappa shape index (κ1) is 21.6. The Morgan fingerprint density at radius 2 is 1.79 bits per heavy atom. The molecule has 2 aromatic carbocycles. The van der Waals surface area contributed by atoms with Crippen molar-refractivity contribution in [3.05, 3.63) is 52.5 Å². The molecule has 7 nitrogen and oxygen atoms in total. The molecule has 0 radical (unpaired) electrons. The van der Waals surface area contributed by atoms with Crippen molar-refractivity contribution in [2.75, 3.05) is 45.7 Å². The van der Waals surface area contributed by atoms with E-state index in [2.05, 4.69) is 10.2 Å². The van der Waals surface area contributed by atoms with E-state index in [0.29, 0.717) is 48.2 Å². The standard InChI is InChI=1S/C20H24ClN3O4S/c1-14-4-6-16(22-20(25)17-12-15(21)5-7-18(17)28-3)13-19(14)29(26,27)24-10-8-23(2)9-11-24/h4-7,12-13H,8-11H2,1-3H3,(H,22,25). The van der Waals surface area contributed by atoms with E-state index < -0.39 is 15.9 Å². The number of rotatable bonds is 5. The fraction of sp³-hybridized carbons (Fsp3) is 0.350. The monoisotopic (exact) mass is 437 g/mol. The number of nitrogens with one attached hydrogen (secondary N) is 1. The largest absolute Gasteiger partial charge is 0.496 e. The van der Waals surface area contributed by atoms with Gasteiger partial charge >= 0.3 is 0 Å². The summed E-state index contributed by atoms with van der Waals surface area (Å²) in [5, 5.41) is 3.14. The third-order valence-corrected chi connectivity index (χ3v) is 7.21. The second-order valence-corrected chi connectivity index (χ2v) is 9.33. The second kappa shape index (κ2) is 8.71. The molecule has 9 heteroatoms. The van der Waals surface area contributed by atoms with Gasteiger partial charge in [0.25, 0.3) is 5.91 Å². The van der Waals surface area contributed by atoms with Crippen LogP contribution < -0.4 is 10.1 Å². The van der Waals surface area contributed by atoms with E-state index in [-0.39, 0.29) is 10.5 Å². The number of halogens is 1. The number of likely N-dealkylation sites (N-methyl/N-ethyl adjacent to an activating group) is 1. The molecule has 0 saturated carbocycles. The van der Waals surface area contributed by atoms with Crippen molar-refractivity contribution >= 4 is 33.2 Å². The average molecular weight is 438 g/mol. The van der Waals surface area contributed by atoms with Crippen LogP contribution in [0, 0.1) is 6.92 Å². The number of carbonyl (C=O) groups is 1. The molecule has 29 heavy (non-hydrogen) atoms. The maximum Gasteiger partial charge on any atom is 0.259 e. The Morgan fingerprint density at radius 3 is 2.45 bits per heavy atom. The number of piperazine rings is 1. The summed E-state index contributed by atoms with van der Waals surface area (Å²) in [7, 11) is -0.216. The number of carbonyl (C=O) groups excluding carboxylic acids is 1. The van der Waals surface area contributed by atoms with E-state index in [0.717, 1.165) is 0 Å². The average Bonchev–Trinajstić information content (AvgIpc) is 2.69. The van der Waals surface area contributed by atoms with Crippen LogP contribution in [0.3, 0.4) is 0 Å². The molecule has 1 amide bonds. The van der Waals surface area contributed by atoms with E-state index >= 15 is 0 Å².